The second kappa shape index (κ2) is 11.6. The zero-order valence-electron chi connectivity index (χ0n) is 15.6. The van der Waals surface area contributed by atoms with Crippen molar-refractivity contribution in [3.05, 3.63) is 38.9 Å². The molecule has 1 rings (SSSR count). The van der Waals surface area contributed by atoms with Gasteiger partial charge in [0.05, 0.1) is 0 Å². The maximum absolute atomic E-state index is 7.17. The first kappa shape index (κ1) is 21.1. The van der Waals surface area contributed by atoms with Crippen molar-refractivity contribution < 1.29 is 0 Å². The molecule has 2 heteroatoms. The van der Waals surface area contributed by atoms with Crippen LogP contribution in [-0.2, 0) is 0 Å². The Bertz CT molecular complexity index is 442. The van der Waals surface area contributed by atoms with Gasteiger partial charge in [0, 0.05) is 0 Å². The number of halogens is 1. The summed E-state index contributed by atoms with van der Waals surface area (Å²) in [6.07, 6.45) is 7.98. The molecule has 0 N–H and O–H groups in total. The van der Waals surface area contributed by atoms with Gasteiger partial charge in [-0.3, -0.25) is 0 Å². The predicted molar refractivity (Wildman–Crippen MR) is 110 cm³/mol. The van der Waals surface area contributed by atoms with Crippen LogP contribution < -0.4 is 0 Å². The summed E-state index contributed by atoms with van der Waals surface area (Å²) in [6.45, 7) is 9.21. The van der Waals surface area contributed by atoms with E-state index in [1.165, 1.54) is 66.0 Å². The van der Waals surface area contributed by atoms with Gasteiger partial charge < -0.3 is 0 Å². The first-order valence-corrected chi connectivity index (χ1v) is 17.4. The van der Waals surface area contributed by atoms with E-state index in [4.69, 9.17) is 11.6 Å². The molecule has 0 fully saturated rings. The van der Waals surface area contributed by atoms with Crippen LogP contribution in [0.1, 0.15) is 71.8 Å². The van der Waals surface area contributed by atoms with Crippen LogP contribution in [0.2, 0.25) is 13.3 Å². The zero-order valence-corrected chi connectivity index (χ0v) is 19.2. The second-order valence-electron chi connectivity index (χ2n) is 6.90. The molecule has 0 radical (unpaired) electrons. The van der Waals surface area contributed by atoms with Crippen molar-refractivity contribution in [1.82, 2.24) is 0 Å². The average molecular weight is 442 g/mol. The molecule has 0 saturated heterocycles. The molecule has 0 spiro atoms. The number of hydrogen-bond donors (Lipinski definition) is 0. The van der Waals surface area contributed by atoms with E-state index in [1.807, 2.05) is 0 Å². The normalized spacial score (nSPS) is 13.1. The zero-order chi connectivity index (χ0) is 17.1. The van der Waals surface area contributed by atoms with E-state index in [1.54, 1.807) is 0 Å². The van der Waals surface area contributed by atoms with Crippen LogP contribution in [0.4, 0.5) is 0 Å². The van der Waals surface area contributed by atoms with Crippen molar-refractivity contribution in [2.24, 2.45) is 0 Å². The van der Waals surface area contributed by atoms with Gasteiger partial charge in [-0.25, -0.2) is 0 Å². The Balaban J connectivity index is 3.21. The molecule has 0 unspecified atom stereocenters. The topological polar surface area (TPSA) is 0 Å². The molecule has 0 aromatic heterocycles. The van der Waals surface area contributed by atoms with Crippen LogP contribution >= 0.6 is 11.6 Å². The van der Waals surface area contributed by atoms with Gasteiger partial charge in [-0.15, -0.1) is 0 Å². The van der Waals surface area contributed by atoms with E-state index in [0.717, 1.165) is 0 Å². The van der Waals surface area contributed by atoms with E-state index in [-0.39, 0.29) is 0 Å². The monoisotopic (exact) mass is 442 g/mol. The van der Waals surface area contributed by atoms with E-state index >= 15 is 0 Å². The molecular formula is C21H35ClSn. The molecule has 0 bridgehead atoms. The van der Waals surface area contributed by atoms with Gasteiger partial charge in [0.1, 0.15) is 0 Å². The summed E-state index contributed by atoms with van der Waals surface area (Å²) in [6, 6.07) is 10.8. The Labute approximate surface area is 153 Å². The van der Waals surface area contributed by atoms with Gasteiger partial charge in [-0.1, -0.05) is 0 Å². The van der Waals surface area contributed by atoms with Crippen molar-refractivity contribution in [2.75, 3.05) is 0 Å². The van der Waals surface area contributed by atoms with Crippen LogP contribution in [0.5, 0.6) is 0 Å². The molecule has 0 aliphatic heterocycles. The molecule has 0 saturated carbocycles. The Morgan fingerprint density at radius 2 is 1.26 bits per heavy atom. The third-order valence-corrected chi connectivity index (χ3v) is 23.0. The van der Waals surface area contributed by atoms with Crippen LogP contribution in [0.3, 0.4) is 0 Å². The number of allylic oxidation sites excluding steroid dienone is 1. The number of benzene rings is 1. The summed E-state index contributed by atoms with van der Waals surface area (Å²) in [4.78, 5) is 0. The second-order valence-corrected chi connectivity index (χ2v) is 21.2. The quantitative estimate of drug-likeness (QED) is 0.305. The van der Waals surface area contributed by atoms with Crippen molar-refractivity contribution in [2.45, 2.75) is 79.5 Å². The number of unbranched alkanes of at least 4 members (excludes halogenated alkanes) is 3. The van der Waals surface area contributed by atoms with Crippen LogP contribution in [0, 0.1) is 0 Å². The summed E-state index contributed by atoms with van der Waals surface area (Å²) in [5, 5.41) is 0. The molecule has 0 amide bonds. The van der Waals surface area contributed by atoms with Crippen LogP contribution in [-0.4, -0.2) is 18.4 Å². The Morgan fingerprint density at radius 1 is 0.826 bits per heavy atom. The minimum atomic E-state index is -2.46. The van der Waals surface area contributed by atoms with E-state index < -0.39 is 18.4 Å². The molecule has 1 aromatic carbocycles. The molecule has 0 aliphatic carbocycles. The SMILES string of the molecule is CCC[CH2][Sn]([CH2]CCC)([CH2]CCC)/[C](Cl)=C(\C)c1ccccc1. The summed E-state index contributed by atoms with van der Waals surface area (Å²) < 4.78 is 5.65. The molecule has 0 heterocycles. The van der Waals surface area contributed by atoms with Crippen LogP contribution in [0.15, 0.2) is 33.4 Å². The van der Waals surface area contributed by atoms with E-state index in [9.17, 15) is 0 Å². The molecular weight excluding hydrogens is 406 g/mol. The molecule has 0 nitrogen and oxygen atoms in total. The first-order chi connectivity index (χ1) is 11.1. The fraction of sp³-hybridized carbons (Fsp3) is 0.619. The molecule has 130 valence electrons. The number of rotatable bonds is 11. The van der Waals surface area contributed by atoms with Crippen molar-refractivity contribution in [3.8, 4) is 0 Å². The average Bonchev–Trinajstić information content (AvgIpc) is 2.61. The van der Waals surface area contributed by atoms with E-state index in [0.29, 0.717) is 0 Å². The van der Waals surface area contributed by atoms with Gasteiger partial charge in [-0.2, -0.15) is 0 Å². The molecule has 0 atom stereocenters. The summed E-state index contributed by atoms with van der Waals surface area (Å²) in [5.41, 5.74) is 2.69. The summed E-state index contributed by atoms with van der Waals surface area (Å²) in [5.74, 6) is 0. The maximum atomic E-state index is 7.17. The summed E-state index contributed by atoms with van der Waals surface area (Å²) >= 11 is 4.71. The van der Waals surface area contributed by atoms with Gasteiger partial charge in [0.25, 0.3) is 0 Å². The van der Waals surface area contributed by atoms with Crippen LogP contribution in [0.25, 0.3) is 5.57 Å². The standard InChI is InChI=1S/C9H8Cl.3C4H9.Sn/c1-8(7-10)9-5-3-2-4-6-9;3*1-3-4-2;/h2-6H,1H3;3*1,3-4H2,2H3;. The van der Waals surface area contributed by atoms with Crippen molar-refractivity contribution >= 4 is 35.6 Å². The Hall–Kier alpha value is 0.0487. The third-order valence-electron chi connectivity index (χ3n) is 5.03. The first-order valence-electron chi connectivity index (χ1n) is 9.53. The fourth-order valence-corrected chi connectivity index (χ4v) is 21.0. The molecule has 0 aliphatic rings. The van der Waals surface area contributed by atoms with Gasteiger partial charge in [-0.05, 0) is 0 Å². The number of hydrogen-bond acceptors (Lipinski definition) is 0. The third kappa shape index (κ3) is 6.46. The minimum absolute atomic E-state index is 1.30. The van der Waals surface area contributed by atoms with Crippen molar-refractivity contribution in [1.29, 1.82) is 0 Å². The summed E-state index contributed by atoms with van der Waals surface area (Å²) in [7, 11) is 0. The van der Waals surface area contributed by atoms with Gasteiger partial charge in [0.2, 0.25) is 0 Å². The Kier molecular flexibility index (Phi) is 10.6. The van der Waals surface area contributed by atoms with Gasteiger partial charge >= 0.3 is 154 Å². The van der Waals surface area contributed by atoms with Crippen molar-refractivity contribution in [3.63, 3.8) is 0 Å². The fourth-order valence-electron chi connectivity index (χ4n) is 3.46. The predicted octanol–water partition coefficient (Wildman–Crippen LogP) is 8.04. The molecule has 23 heavy (non-hydrogen) atoms. The Morgan fingerprint density at radius 3 is 1.65 bits per heavy atom. The van der Waals surface area contributed by atoms with Gasteiger partial charge in [0.15, 0.2) is 0 Å². The van der Waals surface area contributed by atoms with E-state index in [2.05, 4.69) is 58.0 Å². The molecule has 1 aromatic rings.